The number of methoxy groups -OCH3 is 1. The maximum atomic E-state index is 12.9. The predicted molar refractivity (Wildman–Crippen MR) is 75.0 cm³/mol. The molecule has 1 N–H and O–H groups in total. The number of nitrogens with zero attached hydrogens (tertiary/aromatic N) is 2. The number of hydrogen-bond acceptors (Lipinski definition) is 6. The molecule has 108 valence electrons. The summed E-state index contributed by atoms with van der Waals surface area (Å²) in [5, 5.41) is 12.4. The standard InChI is InChI=1S/C12H13ClFN3O2S/c1-18-5-4-15-7-11-16-17-12(20-11)19-10-3-2-8(14)6-9(10)13/h2-3,6,15H,4-5,7H2,1H3. The van der Waals surface area contributed by atoms with Crippen molar-refractivity contribution in [3.63, 3.8) is 0 Å². The van der Waals surface area contributed by atoms with Crippen molar-refractivity contribution in [1.82, 2.24) is 15.5 Å². The average Bonchev–Trinajstić information content (AvgIpc) is 2.86. The summed E-state index contributed by atoms with van der Waals surface area (Å²) in [5.41, 5.74) is 0. The molecule has 5 nitrogen and oxygen atoms in total. The van der Waals surface area contributed by atoms with Gasteiger partial charge < -0.3 is 14.8 Å². The first-order chi connectivity index (χ1) is 9.69. The van der Waals surface area contributed by atoms with Gasteiger partial charge in [-0.1, -0.05) is 28.0 Å². The van der Waals surface area contributed by atoms with E-state index in [4.69, 9.17) is 21.1 Å². The minimum absolute atomic E-state index is 0.194. The lowest BCUT2D eigenvalue weighted by Gasteiger charge is -2.03. The zero-order chi connectivity index (χ0) is 14.4. The van der Waals surface area contributed by atoms with Crippen LogP contribution in [0.25, 0.3) is 0 Å². The number of ether oxygens (including phenoxy) is 2. The molecule has 0 aliphatic carbocycles. The Morgan fingerprint density at radius 1 is 1.40 bits per heavy atom. The Kier molecular flexibility index (Phi) is 5.66. The van der Waals surface area contributed by atoms with Crippen molar-refractivity contribution >= 4 is 22.9 Å². The molecule has 20 heavy (non-hydrogen) atoms. The van der Waals surface area contributed by atoms with Gasteiger partial charge in [0, 0.05) is 20.2 Å². The van der Waals surface area contributed by atoms with Crippen LogP contribution in [0.1, 0.15) is 5.01 Å². The molecule has 8 heteroatoms. The molecule has 0 fully saturated rings. The summed E-state index contributed by atoms with van der Waals surface area (Å²) >= 11 is 7.17. The van der Waals surface area contributed by atoms with Gasteiger partial charge in [0.1, 0.15) is 16.6 Å². The number of nitrogens with one attached hydrogen (secondary N) is 1. The highest BCUT2D eigenvalue weighted by Crippen LogP contribution is 2.31. The molecule has 0 radical (unpaired) electrons. The van der Waals surface area contributed by atoms with E-state index in [1.54, 1.807) is 7.11 Å². The summed E-state index contributed by atoms with van der Waals surface area (Å²) in [6, 6.07) is 3.91. The van der Waals surface area contributed by atoms with Crippen LogP contribution in [0.5, 0.6) is 10.9 Å². The SMILES string of the molecule is COCCNCc1nnc(Oc2ccc(F)cc2Cl)s1. The van der Waals surface area contributed by atoms with Crippen molar-refractivity contribution in [2.45, 2.75) is 6.54 Å². The van der Waals surface area contributed by atoms with Crippen LogP contribution < -0.4 is 10.1 Å². The van der Waals surface area contributed by atoms with Gasteiger partial charge in [-0.15, -0.1) is 5.10 Å². The molecule has 1 aromatic heterocycles. The monoisotopic (exact) mass is 317 g/mol. The summed E-state index contributed by atoms with van der Waals surface area (Å²) in [6.07, 6.45) is 0. The molecule has 2 rings (SSSR count). The maximum Gasteiger partial charge on any atom is 0.299 e. The summed E-state index contributed by atoms with van der Waals surface area (Å²) in [4.78, 5) is 0. The predicted octanol–water partition coefficient (Wildman–Crippen LogP) is 2.86. The van der Waals surface area contributed by atoms with Gasteiger partial charge in [-0.2, -0.15) is 0 Å². The van der Waals surface area contributed by atoms with Crippen molar-refractivity contribution in [3.05, 3.63) is 34.0 Å². The van der Waals surface area contributed by atoms with Crippen molar-refractivity contribution in [1.29, 1.82) is 0 Å². The Hall–Kier alpha value is -1.28. The van der Waals surface area contributed by atoms with E-state index in [0.717, 1.165) is 11.6 Å². The Morgan fingerprint density at radius 2 is 2.25 bits per heavy atom. The zero-order valence-corrected chi connectivity index (χ0v) is 12.3. The molecule has 0 saturated carbocycles. The largest absolute Gasteiger partial charge is 0.428 e. The fourth-order valence-corrected chi connectivity index (χ4v) is 2.25. The lowest BCUT2D eigenvalue weighted by molar-refractivity contribution is 0.199. The van der Waals surface area contributed by atoms with Crippen LogP contribution in [-0.4, -0.2) is 30.5 Å². The summed E-state index contributed by atoms with van der Waals surface area (Å²) in [7, 11) is 1.64. The number of halogens is 2. The molecule has 0 unspecified atom stereocenters. The molecule has 0 atom stereocenters. The van der Waals surface area contributed by atoms with E-state index in [0.29, 0.717) is 24.1 Å². The van der Waals surface area contributed by atoms with E-state index in [2.05, 4.69) is 15.5 Å². The molecule has 1 heterocycles. The van der Waals surface area contributed by atoms with Gasteiger partial charge in [0.05, 0.1) is 11.6 Å². The van der Waals surface area contributed by atoms with Gasteiger partial charge in [-0.3, -0.25) is 0 Å². The van der Waals surface area contributed by atoms with E-state index in [9.17, 15) is 4.39 Å². The van der Waals surface area contributed by atoms with E-state index in [-0.39, 0.29) is 5.02 Å². The average molecular weight is 318 g/mol. The summed E-state index contributed by atoms with van der Waals surface area (Å²) < 4.78 is 23.3. The molecule has 0 aliphatic heterocycles. The zero-order valence-electron chi connectivity index (χ0n) is 10.7. The minimum Gasteiger partial charge on any atom is -0.428 e. The molecule has 0 aliphatic rings. The van der Waals surface area contributed by atoms with Crippen LogP contribution in [0.2, 0.25) is 5.02 Å². The Morgan fingerprint density at radius 3 is 3.00 bits per heavy atom. The molecular weight excluding hydrogens is 305 g/mol. The van der Waals surface area contributed by atoms with Crippen LogP contribution in [-0.2, 0) is 11.3 Å². The van der Waals surface area contributed by atoms with Gasteiger partial charge in [0.25, 0.3) is 5.19 Å². The first-order valence-corrected chi connectivity index (χ1v) is 7.03. The third-order valence-electron chi connectivity index (χ3n) is 2.30. The summed E-state index contributed by atoms with van der Waals surface area (Å²) in [5.74, 6) is -0.0641. The first kappa shape index (κ1) is 15.1. The molecular formula is C12H13ClFN3O2S. The smallest absolute Gasteiger partial charge is 0.299 e. The van der Waals surface area contributed by atoms with Gasteiger partial charge in [-0.25, -0.2) is 4.39 Å². The molecule has 0 saturated heterocycles. The Labute approximate surface area is 124 Å². The van der Waals surface area contributed by atoms with Crippen molar-refractivity contribution in [3.8, 4) is 10.9 Å². The third kappa shape index (κ3) is 4.38. The Bertz CT molecular complexity index is 567. The number of rotatable bonds is 7. The lowest BCUT2D eigenvalue weighted by atomic mass is 10.3. The highest BCUT2D eigenvalue weighted by Gasteiger charge is 2.09. The van der Waals surface area contributed by atoms with Crippen LogP contribution in [0.15, 0.2) is 18.2 Å². The van der Waals surface area contributed by atoms with Gasteiger partial charge >= 0.3 is 0 Å². The molecule has 0 spiro atoms. The molecule has 1 aromatic carbocycles. The van der Waals surface area contributed by atoms with Crippen molar-refractivity contribution in [2.75, 3.05) is 20.3 Å². The van der Waals surface area contributed by atoms with Gasteiger partial charge in [-0.05, 0) is 18.2 Å². The molecule has 2 aromatic rings. The molecule has 0 amide bonds. The minimum atomic E-state index is -0.414. The third-order valence-corrected chi connectivity index (χ3v) is 3.40. The second kappa shape index (κ2) is 7.49. The maximum absolute atomic E-state index is 12.9. The van der Waals surface area contributed by atoms with Gasteiger partial charge in [0.2, 0.25) is 0 Å². The van der Waals surface area contributed by atoms with Crippen LogP contribution in [0, 0.1) is 5.82 Å². The highest BCUT2D eigenvalue weighted by atomic mass is 35.5. The number of aromatic nitrogens is 2. The normalized spacial score (nSPS) is 10.8. The molecule has 0 bridgehead atoms. The van der Waals surface area contributed by atoms with Crippen molar-refractivity contribution in [2.24, 2.45) is 0 Å². The van der Waals surface area contributed by atoms with Crippen LogP contribution >= 0.6 is 22.9 Å². The van der Waals surface area contributed by atoms with E-state index in [1.165, 1.54) is 29.5 Å². The highest BCUT2D eigenvalue weighted by molar-refractivity contribution is 7.13. The topological polar surface area (TPSA) is 56.3 Å². The quantitative estimate of drug-likeness (QED) is 0.796. The number of hydrogen-bond donors (Lipinski definition) is 1. The van der Waals surface area contributed by atoms with Crippen LogP contribution in [0.3, 0.4) is 0 Å². The fourth-order valence-electron chi connectivity index (χ4n) is 1.37. The van der Waals surface area contributed by atoms with E-state index >= 15 is 0 Å². The first-order valence-electron chi connectivity index (χ1n) is 5.84. The second-order valence-corrected chi connectivity index (χ2v) is 5.24. The lowest BCUT2D eigenvalue weighted by Crippen LogP contribution is -2.18. The van der Waals surface area contributed by atoms with E-state index < -0.39 is 5.82 Å². The van der Waals surface area contributed by atoms with Crippen LogP contribution in [0.4, 0.5) is 4.39 Å². The van der Waals surface area contributed by atoms with Crippen molar-refractivity contribution < 1.29 is 13.9 Å². The number of benzene rings is 1. The van der Waals surface area contributed by atoms with Gasteiger partial charge in [0.15, 0.2) is 0 Å². The summed E-state index contributed by atoms with van der Waals surface area (Å²) in [6.45, 7) is 1.95. The Balaban J connectivity index is 1.92. The second-order valence-electron chi connectivity index (χ2n) is 3.81. The fraction of sp³-hybridized carbons (Fsp3) is 0.333. The van der Waals surface area contributed by atoms with E-state index in [1.807, 2.05) is 0 Å².